The molecule has 1 aliphatic carbocycles. The van der Waals surface area contributed by atoms with Gasteiger partial charge in [-0.3, -0.25) is 4.79 Å². The molecular formula is C15H17ClF2N2O2. The van der Waals surface area contributed by atoms with Crippen molar-refractivity contribution in [2.45, 2.75) is 43.8 Å². The van der Waals surface area contributed by atoms with Crippen molar-refractivity contribution in [3.8, 4) is 0 Å². The third kappa shape index (κ3) is 2.70. The lowest BCUT2D eigenvalue weighted by Crippen LogP contribution is -2.45. The summed E-state index contributed by atoms with van der Waals surface area (Å²) in [5, 5.41) is 10.1. The summed E-state index contributed by atoms with van der Waals surface area (Å²) in [5.74, 6) is -3.98. The van der Waals surface area contributed by atoms with Crippen LogP contribution >= 0.6 is 11.6 Å². The van der Waals surface area contributed by atoms with Crippen LogP contribution in [0, 0.1) is 5.92 Å². The first kappa shape index (κ1) is 15.6. The number of amides is 1. The Hall–Kier alpha value is -1.27. The number of hydrogen-bond donors (Lipinski definition) is 1. The molecule has 22 heavy (non-hydrogen) atoms. The fourth-order valence-electron chi connectivity index (χ4n) is 3.54. The van der Waals surface area contributed by atoms with Crippen LogP contribution in [0.5, 0.6) is 0 Å². The number of aromatic nitrogens is 1. The molecule has 4 nitrogen and oxygen atoms in total. The van der Waals surface area contributed by atoms with E-state index in [2.05, 4.69) is 4.98 Å². The normalized spacial score (nSPS) is 28.3. The van der Waals surface area contributed by atoms with Crippen LogP contribution in [0.4, 0.5) is 8.78 Å². The first-order valence-electron chi connectivity index (χ1n) is 7.39. The summed E-state index contributed by atoms with van der Waals surface area (Å²) in [4.78, 5) is 17.5. The molecule has 1 aliphatic heterocycles. The molecule has 0 spiro atoms. The molecule has 1 saturated heterocycles. The lowest BCUT2D eigenvalue weighted by atomic mass is 9.93. The number of pyridine rings is 1. The molecule has 1 aromatic rings. The SMILES string of the molecule is O=C(c1cccc(Cl)n1)N1CC(F)(F)[C@@H](O)[C@H]1C1CCCC1. The maximum atomic E-state index is 14.0. The third-order valence-electron chi connectivity index (χ3n) is 4.58. The minimum absolute atomic E-state index is 0.0281. The third-order valence-corrected chi connectivity index (χ3v) is 4.79. The lowest BCUT2D eigenvalue weighted by molar-refractivity contribution is -0.0851. The van der Waals surface area contributed by atoms with Crippen molar-refractivity contribution in [3.05, 3.63) is 29.0 Å². The molecule has 0 radical (unpaired) electrons. The highest BCUT2D eigenvalue weighted by atomic mass is 35.5. The molecule has 120 valence electrons. The van der Waals surface area contributed by atoms with Crippen LogP contribution in [0.15, 0.2) is 18.2 Å². The van der Waals surface area contributed by atoms with E-state index in [9.17, 15) is 18.7 Å². The van der Waals surface area contributed by atoms with E-state index in [4.69, 9.17) is 11.6 Å². The summed E-state index contributed by atoms with van der Waals surface area (Å²) in [7, 11) is 0. The number of carbonyl (C=O) groups is 1. The summed E-state index contributed by atoms with van der Waals surface area (Å²) < 4.78 is 27.9. The smallest absolute Gasteiger partial charge is 0.292 e. The highest BCUT2D eigenvalue weighted by Crippen LogP contribution is 2.41. The van der Waals surface area contributed by atoms with E-state index in [0.717, 1.165) is 30.6 Å². The van der Waals surface area contributed by atoms with Crippen LogP contribution in [0.2, 0.25) is 5.15 Å². The van der Waals surface area contributed by atoms with Crippen molar-refractivity contribution in [1.29, 1.82) is 0 Å². The highest BCUT2D eigenvalue weighted by molar-refractivity contribution is 6.29. The van der Waals surface area contributed by atoms with Crippen LogP contribution in [-0.2, 0) is 0 Å². The van der Waals surface area contributed by atoms with Gasteiger partial charge in [-0.25, -0.2) is 13.8 Å². The first-order chi connectivity index (χ1) is 10.4. The van der Waals surface area contributed by atoms with Gasteiger partial charge in [-0.05, 0) is 30.9 Å². The Balaban J connectivity index is 1.91. The largest absolute Gasteiger partial charge is 0.385 e. The van der Waals surface area contributed by atoms with E-state index in [1.54, 1.807) is 6.07 Å². The van der Waals surface area contributed by atoms with E-state index in [1.165, 1.54) is 12.1 Å². The number of likely N-dealkylation sites (tertiary alicyclic amines) is 1. The van der Waals surface area contributed by atoms with Crippen LogP contribution < -0.4 is 0 Å². The summed E-state index contributed by atoms with van der Waals surface area (Å²) in [6.45, 7) is -0.775. The fraction of sp³-hybridized carbons (Fsp3) is 0.600. The van der Waals surface area contributed by atoms with Crippen molar-refractivity contribution in [2.24, 2.45) is 5.92 Å². The first-order valence-corrected chi connectivity index (χ1v) is 7.77. The lowest BCUT2D eigenvalue weighted by Gasteiger charge is -2.30. The standard InChI is InChI=1S/C15H17ClF2N2O2/c16-11-7-3-6-10(19-11)14(22)20-8-15(17,18)13(21)12(20)9-4-1-2-5-9/h3,6-7,9,12-13,21H,1-2,4-5,8H2/t12-,13+/m1/s1. The van der Waals surface area contributed by atoms with Crippen molar-refractivity contribution in [2.75, 3.05) is 6.54 Å². The van der Waals surface area contributed by atoms with Gasteiger partial charge in [0, 0.05) is 0 Å². The minimum atomic E-state index is -3.29. The molecular weight excluding hydrogens is 314 g/mol. The van der Waals surface area contributed by atoms with Crippen LogP contribution in [0.25, 0.3) is 0 Å². The molecule has 2 heterocycles. The minimum Gasteiger partial charge on any atom is -0.385 e. The Labute approximate surface area is 132 Å². The molecule has 7 heteroatoms. The summed E-state index contributed by atoms with van der Waals surface area (Å²) in [6, 6.07) is 3.66. The quantitative estimate of drug-likeness (QED) is 0.848. The second kappa shape index (κ2) is 5.74. The zero-order chi connectivity index (χ0) is 15.9. The van der Waals surface area contributed by atoms with Gasteiger partial charge < -0.3 is 10.0 Å². The molecule has 3 rings (SSSR count). The molecule has 1 aromatic heterocycles. The topological polar surface area (TPSA) is 53.4 Å². The Morgan fingerprint density at radius 3 is 2.68 bits per heavy atom. The monoisotopic (exact) mass is 330 g/mol. The molecule has 2 fully saturated rings. The highest BCUT2D eigenvalue weighted by Gasteiger charge is 2.57. The number of aliphatic hydroxyl groups excluding tert-OH is 1. The molecule has 0 bridgehead atoms. The van der Waals surface area contributed by atoms with Crippen molar-refractivity contribution in [1.82, 2.24) is 9.88 Å². The zero-order valence-corrected chi connectivity index (χ0v) is 12.6. The Bertz CT molecular complexity index is 578. The summed E-state index contributed by atoms with van der Waals surface area (Å²) in [5.41, 5.74) is 0.0281. The van der Waals surface area contributed by atoms with Gasteiger partial charge in [0.05, 0.1) is 12.6 Å². The number of aliphatic hydroxyl groups is 1. The summed E-state index contributed by atoms with van der Waals surface area (Å²) >= 11 is 5.76. The Morgan fingerprint density at radius 1 is 1.36 bits per heavy atom. The predicted molar refractivity (Wildman–Crippen MR) is 77.0 cm³/mol. The van der Waals surface area contributed by atoms with Gasteiger partial charge in [-0.15, -0.1) is 0 Å². The maximum absolute atomic E-state index is 14.0. The van der Waals surface area contributed by atoms with Gasteiger partial charge in [-0.1, -0.05) is 30.5 Å². The van der Waals surface area contributed by atoms with Gasteiger partial charge in [-0.2, -0.15) is 0 Å². The second-order valence-corrected chi connectivity index (χ2v) is 6.41. The van der Waals surface area contributed by atoms with Crippen LogP contribution in [0.1, 0.15) is 36.2 Å². The predicted octanol–water partition coefficient (Wildman–Crippen LogP) is 2.75. The Kier molecular flexibility index (Phi) is 4.07. The van der Waals surface area contributed by atoms with Crippen LogP contribution in [-0.4, -0.2) is 45.5 Å². The van der Waals surface area contributed by atoms with Gasteiger partial charge in [0.2, 0.25) is 0 Å². The summed E-state index contributed by atoms with van der Waals surface area (Å²) in [6.07, 6.45) is 1.57. The molecule has 1 N–H and O–H groups in total. The molecule has 0 aromatic carbocycles. The molecule has 0 unspecified atom stereocenters. The number of carbonyl (C=O) groups excluding carboxylic acids is 1. The van der Waals surface area contributed by atoms with Crippen LogP contribution in [0.3, 0.4) is 0 Å². The zero-order valence-electron chi connectivity index (χ0n) is 11.9. The van der Waals surface area contributed by atoms with E-state index in [1.807, 2.05) is 0 Å². The van der Waals surface area contributed by atoms with Gasteiger partial charge in [0.1, 0.15) is 17.0 Å². The number of halogens is 3. The molecule has 1 saturated carbocycles. The van der Waals surface area contributed by atoms with Crippen molar-refractivity contribution >= 4 is 17.5 Å². The second-order valence-electron chi connectivity index (χ2n) is 6.02. The molecule has 2 aliphatic rings. The van der Waals surface area contributed by atoms with E-state index in [0.29, 0.717) is 0 Å². The Morgan fingerprint density at radius 2 is 2.05 bits per heavy atom. The average Bonchev–Trinajstić information content (AvgIpc) is 3.06. The number of hydrogen-bond acceptors (Lipinski definition) is 3. The van der Waals surface area contributed by atoms with Gasteiger partial charge >= 0.3 is 0 Å². The van der Waals surface area contributed by atoms with Crippen molar-refractivity contribution in [3.63, 3.8) is 0 Å². The van der Waals surface area contributed by atoms with Crippen molar-refractivity contribution < 1.29 is 18.7 Å². The maximum Gasteiger partial charge on any atom is 0.292 e. The number of nitrogens with zero attached hydrogens (tertiary/aromatic N) is 2. The number of alkyl halides is 2. The molecule has 2 atom stereocenters. The molecule has 1 amide bonds. The van der Waals surface area contributed by atoms with E-state index in [-0.39, 0.29) is 16.8 Å². The van der Waals surface area contributed by atoms with E-state index < -0.39 is 30.5 Å². The average molecular weight is 331 g/mol. The van der Waals surface area contributed by atoms with Gasteiger partial charge in [0.25, 0.3) is 11.8 Å². The fourth-order valence-corrected chi connectivity index (χ4v) is 3.70. The number of rotatable bonds is 2. The van der Waals surface area contributed by atoms with Gasteiger partial charge in [0.15, 0.2) is 0 Å². The van der Waals surface area contributed by atoms with E-state index >= 15 is 0 Å².